The van der Waals surface area contributed by atoms with E-state index in [0.29, 0.717) is 17.4 Å². The van der Waals surface area contributed by atoms with E-state index in [4.69, 9.17) is 0 Å². The Morgan fingerprint density at radius 2 is 2.00 bits per heavy atom. The molecule has 2 amide bonds. The summed E-state index contributed by atoms with van der Waals surface area (Å²) < 4.78 is 0. The fourth-order valence-corrected chi connectivity index (χ4v) is 4.50. The molecule has 0 unspecified atom stereocenters. The van der Waals surface area contributed by atoms with Crippen LogP contribution in [0.15, 0.2) is 30.3 Å². The fourth-order valence-electron chi connectivity index (χ4n) is 3.30. The van der Waals surface area contributed by atoms with Gasteiger partial charge < -0.3 is 10.2 Å². The lowest BCUT2D eigenvalue weighted by atomic mass is 9.96. The van der Waals surface area contributed by atoms with Crippen molar-refractivity contribution in [1.82, 2.24) is 10.2 Å². The first-order valence-corrected chi connectivity index (χ1v) is 9.52. The Hall–Kier alpha value is -1.49. The van der Waals surface area contributed by atoms with Gasteiger partial charge in [0.1, 0.15) is 0 Å². The molecule has 1 N–H and O–H groups in total. The first-order chi connectivity index (χ1) is 11.2. The highest BCUT2D eigenvalue weighted by Crippen LogP contribution is 2.25. The molecule has 2 aliphatic heterocycles. The van der Waals surface area contributed by atoms with Crippen molar-refractivity contribution in [2.75, 3.05) is 25.4 Å². The summed E-state index contributed by atoms with van der Waals surface area (Å²) in [4.78, 5) is 26.8. The van der Waals surface area contributed by atoms with E-state index in [9.17, 15) is 9.59 Å². The highest BCUT2D eigenvalue weighted by Gasteiger charge is 2.29. The Morgan fingerprint density at radius 3 is 2.74 bits per heavy atom. The van der Waals surface area contributed by atoms with Crippen molar-refractivity contribution in [2.45, 2.75) is 30.9 Å². The maximum Gasteiger partial charge on any atom is 0.253 e. The molecule has 4 nitrogen and oxygen atoms in total. The van der Waals surface area contributed by atoms with Gasteiger partial charge in [0.05, 0.1) is 5.92 Å². The molecule has 0 saturated carbocycles. The number of nitrogens with zero attached hydrogens (tertiary/aromatic N) is 1. The van der Waals surface area contributed by atoms with Crippen LogP contribution in [-0.4, -0.2) is 47.4 Å². The molecular weight excluding hydrogens is 308 g/mol. The predicted molar refractivity (Wildman–Crippen MR) is 93.6 cm³/mol. The Labute approximate surface area is 142 Å². The number of nitrogens with one attached hydrogen (secondary N) is 1. The van der Waals surface area contributed by atoms with Crippen LogP contribution in [0.5, 0.6) is 0 Å². The molecule has 5 heteroatoms. The van der Waals surface area contributed by atoms with Crippen molar-refractivity contribution in [3.8, 4) is 0 Å². The predicted octanol–water partition coefficient (Wildman–Crippen LogP) is 2.55. The molecular formula is C18H24N2O2S. The van der Waals surface area contributed by atoms with Crippen LogP contribution < -0.4 is 5.32 Å². The van der Waals surface area contributed by atoms with Gasteiger partial charge in [0.15, 0.2) is 0 Å². The number of likely N-dealkylation sites (tertiary alicyclic amines) is 1. The van der Waals surface area contributed by atoms with E-state index in [1.165, 1.54) is 18.6 Å². The molecule has 1 aromatic carbocycles. The zero-order chi connectivity index (χ0) is 16.1. The van der Waals surface area contributed by atoms with Crippen LogP contribution in [-0.2, 0) is 4.79 Å². The molecule has 2 saturated heterocycles. The molecule has 0 aromatic heterocycles. The van der Waals surface area contributed by atoms with Crippen LogP contribution in [0.3, 0.4) is 0 Å². The van der Waals surface area contributed by atoms with E-state index < -0.39 is 0 Å². The van der Waals surface area contributed by atoms with Gasteiger partial charge in [-0.25, -0.2) is 0 Å². The smallest absolute Gasteiger partial charge is 0.253 e. The summed E-state index contributed by atoms with van der Waals surface area (Å²) >= 11 is 1.95. The minimum absolute atomic E-state index is 0.0365. The first-order valence-electron chi connectivity index (χ1n) is 8.47. The third kappa shape index (κ3) is 4.28. The van der Waals surface area contributed by atoms with E-state index in [-0.39, 0.29) is 17.7 Å². The number of thioether (sulfide) groups is 1. The van der Waals surface area contributed by atoms with Crippen LogP contribution in [0.2, 0.25) is 0 Å². The molecule has 124 valence electrons. The molecule has 0 spiro atoms. The van der Waals surface area contributed by atoms with Crippen LogP contribution in [0.25, 0.3) is 0 Å². The standard InChI is InChI=1S/C18H24N2O2S/c21-17(19-12-16-9-5-11-23-16)15-8-4-10-20(13-15)18(22)14-6-2-1-3-7-14/h1-3,6-7,15-16H,4-5,8-13H2,(H,19,21)/t15-,16+/m1/s1. The maximum atomic E-state index is 12.5. The SMILES string of the molecule is O=C(NC[C@@H]1CCCS1)[C@@H]1CCCN(C(=O)c2ccccc2)C1. The number of amides is 2. The fraction of sp³-hybridized carbons (Fsp3) is 0.556. The maximum absolute atomic E-state index is 12.5. The quantitative estimate of drug-likeness (QED) is 0.922. The van der Waals surface area contributed by atoms with E-state index in [1.807, 2.05) is 47.0 Å². The van der Waals surface area contributed by atoms with Crippen LogP contribution in [0.1, 0.15) is 36.0 Å². The molecule has 0 radical (unpaired) electrons. The van der Waals surface area contributed by atoms with Gasteiger partial charge in [-0.1, -0.05) is 18.2 Å². The van der Waals surface area contributed by atoms with Crippen molar-refractivity contribution in [3.63, 3.8) is 0 Å². The van der Waals surface area contributed by atoms with Gasteiger partial charge in [0.25, 0.3) is 5.91 Å². The topological polar surface area (TPSA) is 49.4 Å². The second kappa shape index (κ2) is 7.86. The van der Waals surface area contributed by atoms with Gasteiger partial charge in [-0.3, -0.25) is 9.59 Å². The molecule has 3 rings (SSSR count). The zero-order valence-corrected chi connectivity index (χ0v) is 14.2. The molecule has 2 aliphatic rings. The zero-order valence-electron chi connectivity index (χ0n) is 13.4. The molecule has 0 aliphatic carbocycles. The molecule has 2 fully saturated rings. The van der Waals surface area contributed by atoms with E-state index >= 15 is 0 Å². The lowest BCUT2D eigenvalue weighted by Crippen LogP contribution is -2.46. The average molecular weight is 332 g/mol. The second-order valence-electron chi connectivity index (χ2n) is 6.34. The molecule has 0 bridgehead atoms. The number of hydrogen-bond acceptors (Lipinski definition) is 3. The van der Waals surface area contributed by atoms with E-state index in [1.54, 1.807) is 0 Å². The number of benzene rings is 1. The van der Waals surface area contributed by atoms with Crippen molar-refractivity contribution in [2.24, 2.45) is 5.92 Å². The van der Waals surface area contributed by atoms with Gasteiger partial charge in [0.2, 0.25) is 5.91 Å². The van der Waals surface area contributed by atoms with Gasteiger partial charge in [-0.15, -0.1) is 0 Å². The van der Waals surface area contributed by atoms with Gasteiger partial charge in [-0.2, -0.15) is 11.8 Å². The minimum atomic E-state index is -0.0668. The summed E-state index contributed by atoms with van der Waals surface area (Å²) in [6, 6.07) is 9.33. The van der Waals surface area contributed by atoms with Gasteiger partial charge >= 0.3 is 0 Å². The number of rotatable bonds is 4. The average Bonchev–Trinajstić information content (AvgIpc) is 3.13. The Morgan fingerprint density at radius 1 is 1.17 bits per heavy atom. The van der Waals surface area contributed by atoms with Crippen molar-refractivity contribution < 1.29 is 9.59 Å². The lowest BCUT2D eigenvalue weighted by molar-refractivity contribution is -0.126. The third-order valence-electron chi connectivity index (χ3n) is 4.63. The summed E-state index contributed by atoms with van der Waals surface area (Å²) in [5.41, 5.74) is 0.705. The van der Waals surface area contributed by atoms with Crippen LogP contribution in [0, 0.1) is 5.92 Å². The highest BCUT2D eigenvalue weighted by atomic mass is 32.2. The van der Waals surface area contributed by atoms with Crippen molar-refractivity contribution >= 4 is 23.6 Å². The normalized spacial score (nSPS) is 24.4. The molecule has 23 heavy (non-hydrogen) atoms. The Bertz CT molecular complexity index is 543. The summed E-state index contributed by atoms with van der Waals surface area (Å²) in [5.74, 6) is 1.30. The lowest BCUT2D eigenvalue weighted by Gasteiger charge is -2.32. The first kappa shape index (κ1) is 16.4. The third-order valence-corrected chi connectivity index (χ3v) is 6.03. The summed E-state index contributed by atoms with van der Waals surface area (Å²) in [6.45, 7) is 2.06. The van der Waals surface area contributed by atoms with Gasteiger partial charge in [-0.05, 0) is 43.6 Å². The molecule has 2 heterocycles. The molecule has 1 aromatic rings. The number of carbonyl (C=O) groups is 2. The van der Waals surface area contributed by atoms with Crippen LogP contribution >= 0.6 is 11.8 Å². The highest BCUT2D eigenvalue weighted by molar-refractivity contribution is 8.00. The number of hydrogen-bond donors (Lipinski definition) is 1. The summed E-state index contributed by atoms with van der Waals surface area (Å²) in [5, 5.41) is 3.67. The number of carbonyl (C=O) groups excluding carboxylic acids is 2. The summed E-state index contributed by atoms with van der Waals surface area (Å²) in [6.07, 6.45) is 4.24. The van der Waals surface area contributed by atoms with E-state index in [0.717, 1.165) is 25.9 Å². The van der Waals surface area contributed by atoms with Crippen molar-refractivity contribution in [1.29, 1.82) is 0 Å². The molecule has 2 atom stereocenters. The second-order valence-corrected chi connectivity index (χ2v) is 7.74. The van der Waals surface area contributed by atoms with E-state index in [2.05, 4.69) is 5.32 Å². The summed E-state index contributed by atoms with van der Waals surface area (Å²) in [7, 11) is 0. The Kier molecular flexibility index (Phi) is 5.60. The number of piperidine rings is 1. The van der Waals surface area contributed by atoms with Gasteiger partial charge in [0, 0.05) is 30.4 Å². The minimum Gasteiger partial charge on any atom is -0.355 e. The Balaban J connectivity index is 1.53. The van der Waals surface area contributed by atoms with Crippen molar-refractivity contribution in [3.05, 3.63) is 35.9 Å². The monoisotopic (exact) mass is 332 g/mol. The van der Waals surface area contributed by atoms with Crippen LogP contribution in [0.4, 0.5) is 0 Å². The largest absolute Gasteiger partial charge is 0.355 e.